The number of benzene rings is 2. The molecule has 0 unspecified atom stereocenters. The Hall–Kier alpha value is -3.28. The van der Waals surface area contributed by atoms with Crippen LogP contribution in [0.2, 0.25) is 0 Å². The van der Waals surface area contributed by atoms with Crippen LogP contribution >= 0.6 is 0 Å². The van der Waals surface area contributed by atoms with Gasteiger partial charge in [0.1, 0.15) is 35.6 Å². The van der Waals surface area contributed by atoms with Gasteiger partial charge in [0.15, 0.2) is 0 Å². The van der Waals surface area contributed by atoms with Crippen molar-refractivity contribution in [2.45, 2.75) is 44.6 Å². The van der Waals surface area contributed by atoms with Crippen LogP contribution < -0.4 is 5.32 Å². The third-order valence-electron chi connectivity index (χ3n) is 7.90. The van der Waals surface area contributed by atoms with Crippen molar-refractivity contribution in [3.63, 3.8) is 0 Å². The largest absolute Gasteiger partial charge is 0.384 e. The molecule has 0 aliphatic carbocycles. The maximum Gasteiger partial charge on any atom is 0.251 e. The molecule has 0 radical (unpaired) electrons. The predicted octanol–water partition coefficient (Wildman–Crippen LogP) is 4.25. The van der Waals surface area contributed by atoms with Crippen LogP contribution in [0.4, 0.5) is 17.6 Å². The number of nitrogens with zero attached hydrogens (tertiary/aromatic N) is 3. The van der Waals surface area contributed by atoms with Crippen LogP contribution in [0.5, 0.6) is 0 Å². The van der Waals surface area contributed by atoms with E-state index in [0.29, 0.717) is 44.0 Å². The van der Waals surface area contributed by atoms with E-state index in [2.05, 4.69) is 5.32 Å². The molecule has 3 heterocycles. The maximum atomic E-state index is 14.9. The molecule has 4 atom stereocenters. The van der Waals surface area contributed by atoms with Crippen LogP contribution in [0, 0.1) is 29.3 Å². The Kier molecular flexibility index (Phi) is 9.06. The number of imidazole rings is 1. The standard InChI is InChI=1S/C30H34F4N4O3/c1-18(39)30(40)38(16-21-13-35-14-26(21)34)28(20-7-9-41-10-8-20)29-36-27(24-12-23(32)5-6-25(24)33)17-37(29)15-19-3-2-4-22(31)11-19/h2-6,11-12,17-18,20-21,26,28,35,39H,7-10,13-16H2,1H3/t18-,21-,26-,28+/m0/s1. The molecule has 2 N–H and O–H groups in total. The first kappa shape index (κ1) is 29.2. The summed E-state index contributed by atoms with van der Waals surface area (Å²) in [5.41, 5.74) is 0.672. The second kappa shape index (κ2) is 12.7. The second-order valence-corrected chi connectivity index (χ2v) is 10.9. The third kappa shape index (κ3) is 6.63. The summed E-state index contributed by atoms with van der Waals surface area (Å²) >= 11 is 0. The molecule has 2 aliphatic heterocycles. The molecule has 0 saturated carbocycles. The second-order valence-electron chi connectivity index (χ2n) is 10.9. The summed E-state index contributed by atoms with van der Waals surface area (Å²) in [4.78, 5) is 19.8. The number of aliphatic hydroxyl groups is 1. The normalized spacial score (nSPS) is 21.1. The molecule has 1 amide bonds. The molecule has 2 aromatic carbocycles. The lowest BCUT2D eigenvalue weighted by atomic mass is 9.88. The molecule has 5 rings (SSSR count). The van der Waals surface area contributed by atoms with Gasteiger partial charge in [-0.25, -0.2) is 22.5 Å². The van der Waals surface area contributed by atoms with Gasteiger partial charge in [0, 0.05) is 57.1 Å². The van der Waals surface area contributed by atoms with Crippen molar-refractivity contribution < 1.29 is 32.2 Å². The van der Waals surface area contributed by atoms with Gasteiger partial charge in [0.2, 0.25) is 0 Å². The summed E-state index contributed by atoms with van der Waals surface area (Å²) in [5.74, 6) is -2.67. The maximum absolute atomic E-state index is 14.9. The van der Waals surface area contributed by atoms with Gasteiger partial charge in [0.25, 0.3) is 5.91 Å². The van der Waals surface area contributed by atoms with E-state index in [0.717, 1.165) is 18.2 Å². The molecular weight excluding hydrogens is 540 g/mol. The zero-order chi connectivity index (χ0) is 29.1. The molecule has 11 heteroatoms. The van der Waals surface area contributed by atoms with E-state index in [9.17, 15) is 27.5 Å². The van der Waals surface area contributed by atoms with Gasteiger partial charge in [-0.2, -0.15) is 0 Å². The van der Waals surface area contributed by atoms with Crippen molar-refractivity contribution in [3.8, 4) is 11.3 Å². The van der Waals surface area contributed by atoms with Crippen LogP contribution in [-0.4, -0.2) is 70.6 Å². The zero-order valence-electron chi connectivity index (χ0n) is 22.8. The average molecular weight is 575 g/mol. The van der Waals surface area contributed by atoms with E-state index in [1.807, 2.05) is 0 Å². The number of ether oxygens (including phenoxy) is 1. The van der Waals surface area contributed by atoms with Crippen LogP contribution in [0.25, 0.3) is 11.3 Å². The number of carbonyl (C=O) groups is 1. The Morgan fingerprint density at radius 2 is 1.90 bits per heavy atom. The van der Waals surface area contributed by atoms with Gasteiger partial charge in [-0.3, -0.25) is 4.79 Å². The lowest BCUT2D eigenvalue weighted by molar-refractivity contribution is -0.145. The van der Waals surface area contributed by atoms with E-state index in [4.69, 9.17) is 9.72 Å². The number of rotatable bonds is 9. The molecule has 220 valence electrons. The highest BCUT2D eigenvalue weighted by Gasteiger charge is 2.41. The molecule has 0 spiro atoms. The number of amides is 1. The molecular formula is C30H34F4N4O3. The summed E-state index contributed by atoms with van der Waals surface area (Å²) in [6.45, 7) is 2.92. The molecule has 3 aromatic rings. The van der Waals surface area contributed by atoms with E-state index in [1.54, 1.807) is 22.9 Å². The fourth-order valence-corrected chi connectivity index (χ4v) is 5.80. The van der Waals surface area contributed by atoms with Crippen LogP contribution in [0.15, 0.2) is 48.7 Å². The minimum absolute atomic E-state index is 0.0242. The molecule has 0 bridgehead atoms. The monoisotopic (exact) mass is 574 g/mol. The number of aromatic nitrogens is 2. The van der Waals surface area contributed by atoms with Crippen LogP contribution in [-0.2, 0) is 16.1 Å². The van der Waals surface area contributed by atoms with Gasteiger partial charge < -0.3 is 24.6 Å². The quantitative estimate of drug-likeness (QED) is 0.374. The summed E-state index contributed by atoms with van der Waals surface area (Å²) < 4.78 is 65.3. The molecule has 7 nitrogen and oxygen atoms in total. The topological polar surface area (TPSA) is 79.6 Å². The van der Waals surface area contributed by atoms with Gasteiger partial charge in [-0.1, -0.05) is 12.1 Å². The fraction of sp³-hybridized carbons (Fsp3) is 0.467. The molecule has 2 fully saturated rings. The van der Waals surface area contributed by atoms with Gasteiger partial charge in [0.05, 0.1) is 11.7 Å². The van der Waals surface area contributed by atoms with E-state index >= 15 is 0 Å². The first-order valence-electron chi connectivity index (χ1n) is 13.9. The number of halogens is 4. The first-order chi connectivity index (χ1) is 19.7. The molecule has 2 saturated heterocycles. The van der Waals surface area contributed by atoms with Gasteiger partial charge >= 0.3 is 0 Å². The van der Waals surface area contributed by atoms with Crippen molar-refractivity contribution in [1.82, 2.24) is 19.8 Å². The van der Waals surface area contributed by atoms with Crippen LogP contribution in [0.1, 0.15) is 37.2 Å². The van der Waals surface area contributed by atoms with Crippen molar-refractivity contribution in [3.05, 3.63) is 77.5 Å². The van der Waals surface area contributed by atoms with Gasteiger partial charge in [-0.05, 0) is 61.6 Å². The van der Waals surface area contributed by atoms with Crippen molar-refractivity contribution >= 4 is 5.91 Å². The van der Waals surface area contributed by atoms with E-state index < -0.39 is 47.6 Å². The summed E-state index contributed by atoms with van der Waals surface area (Å²) in [5, 5.41) is 13.4. The van der Waals surface area contributed by atoms with Gasteiger partial charge in [-0.15, -0.1) is 0 Å². The SMILES string of the molecule is C[C@H](O)C(=O)N(C[C@@H]1CNC[C@@H]1F)[C@@H](c1nc(-c2cc(F)ccc2F)cn1Cc1cccc(F)c1)C1CCOCC1. The number of hydrogen-bond donors (Lipinski definition) is 2. The Bertz CT molecular complexity index is 1360. The minimum Gasteiger partial charge on any atom is -0.384 e. The van der Waals surface area contributed by atoms with E-state index in [-0.39, 0.29) is 36.8 Å². The highest BCUT2D eigenvalue weighted by atomic mass is 19.1. The summed E-state index contributed by atoms with van der Waals surface area (Å²) in [6.07, 6.45) is 0.138. The summed E-state index contributed by atoms with van der Waals surface area (Å²) in [7, 11) is 0. The first-order valence-corrected chi connectivity index (χ1v) is 13.9. The number of hydrogen-bond acceptors (Lipinski definition) is 5. The molecule has 2 aliphatic rings. The fourth-order valence-electron chi connectivity index (χ4n) is 5.80. The highest BCUT2D eigenvalue weighted by molar-refractivity contribution is 5.80. The highest BCUT2D eigenvalue weighted by Crippen LogP contribution is 2.38. The summed E-state index contributed by atoms with van der Waals surface area (Å²) in [6, 6.07) is 8.33. The van der Waals surface area contributed by atoms with Crippen molar-refractivity contribution in [1.29, 1.82) is 0 Å². The smallest absolute Gasteiger partial charge is 0.251 e. The number of alkyl halides is 1. The number of nitrogens with one attached hydrogen (secondary N) is 1. The predicted molar refractivity (Wildman–Crippen MR) is 144 cm³/mol. The Morgan fingerprint density at radius 1 is 1.15 bits per heavy atom. The molecule has 1 aromatic heterocycles. The lowest BCUT2D eigenvalue weighted by Gasteiger charge is -2.40. The number of carbonyl (C=O) groups excluding carboxylic acids is 1. The van der Waals surface area contributed by atoms with E-state index in [1.165, 1.54) is 24.0 Å². The lowest BCUT2D eigenvalue weighted by Crippen LogP contribution is -2.48. The van der Waals surface area contributed by atoms with Crippen LogP contribution in [0.3, 0.4) is 0 Å². The third-order valence-corrected chi connectivity index (χ3v) is 7.90. The number of aliphatic hydroxyl groups excluding tert-OH is 1. The average Bonchev–Trinajstić information content (AvgIpc) is 3.55. The molecule has 41 heavy (non-hydrogen) atoms. The van der Waals surface area contributed by atoms with Crippen molar-refractivity contribution in [2.24, 2.45) is 11.8 Å². The Labute approximate surface area is 236 Å². The van der Waals surface area contributed by atoms with Crippen molar-refractivity contribution in [2.75, 3.05) is 32.8 Å². The Balaban J connectivity index is 1.66. The zero-order valence-corrected chi connectivity index (χ0v) is 22.8. The Morgan fingerprint density at radius 3 is 2.59 bits per heavy atom. The minimum atomic E-state index is -1.36.